The molecule has 2 nitrogen and oxygen atoms in total. The molecule has 110 valence electrons. The average molecular weight is 314 g/mol. The molecule has 0 amide bonds. The number of aromatic nitrogens is 2. The number of nitrogens with zero attached hydrogens (tertiary/aromatic N) is 2. The van der Waals surface area contributed by atoms with Crippen molar-refractivity contribution in [1.29, 1.82) is 0 Å². The SMILES string of the molecule is CSc1c2ccc3ccccc3c2cc2nc3ccccc3n12. The molecule has 23 heavy (non-hydrogen) atoms. The monoisotopic (exact) mass is 314 g/mol. The van der Waals surface area contributed by atoms with Crippen molar-refractivity contribution in [3.8, 4) is 0 Å². The molecule has 3 heteroatoms. The lowest BCUT2D eigenvalue weighted by atomic mass is 10.0. The van der Waals surface area contributed by atoms with Crippen molar-refractivity contribution >= 4 is 50.0 Å². The van der Waals surface area contributed by atoms with E-state index in [4.69, 9.17) is 4.98 Å². The predicted octanol–water partition coefficient (Wildman–Crippen LogP) is 5.52. The lowest BCUT2D eigenvalue weighted by molar-refractivity contribution is 1.10. The summed E-state index contributed by atoms with van der Waals surface area (Å²) in [6, 6.07) is 23.6. The van der Waals surface area contributed by atoms with Crippen LogP contribution in [0.4, 0.5) is 0 Å². The van der Waals surface area contributed by atoms with Crippen LogP contribution in [0.2, 0.25) is 0 Å². The quantitative estimate of drug-likeness (QED) is 0.299. The molecule has 0 aliphatic heterocycles. The number of thioether (sulfide) groups is 1. The van der Waals surface area contributed by atoms with E-state index >= 15 is 0 Å². The van der Waals surface area contributed by atoms with Crippen molar-refractivity contribution in [1.82, 2.24) is 9.38 Å². The molecule has 0 unspecified atom stereocenters. The summed E-state index contributed by atoms with van der Waals surface area (Å²) in [5, 5.41) is 6.36. The van der Waals surface area contributed by atoms with E-state index in [1.807, 2.05) is 6.07 Å². The number of pyridine rings is 1. The van der Waals surface area contributed by atoms with Crippen LogP contribution in [0.15, 0.2) is 71.8 Å². The smallest absolute Gasteiger partial charge is 0.139 e. The van der Waals surface area contributed by atoms with Crippen LogP contribution in [0.1, 0.15) is 0 Å². The second-order valence-electron chi connectivity index (χ2n) is 5.70. The summed E-state index contributed by atoms with van der Waals surface area (Å²) in [4.78, 5) is 4.83. The number of hydrogen-bond acceptors (Lipinski definition) is 2. The average Bonchev–Trinajstić information content (AvgIpc) is 2.98. The zero-order valence-corrected chi connectivity index (χ0v) is 13.5. The minimum Gasteiger partial charge on any atom is -0.286 e. The molecule has 0 spiro atoms. The maximum absolute atomic E-state index is 4.83. The number of imidazole rings is 1. The Balaban J connectivity index is 2.09. The minimum absolute atomic E-state index is 1.01. The van der Waals surface area contributed by atoms with Gasteiger partial charge < -0.3 is 0 Å². The molecule has 2 aromatic heterocycles. The lowest BCUT2D eigenvalue weighted by Crippen LogP contribution is -1.92. The summed E-state index contributed by atoms with van der Waals surface area (Å²) < 4.78 is 2.27. The Kier molecular flexibility index (Phi) is 2.67. The van der Waals surface area contributed by atoms with Crippen LogP contribution in [0.3, 0.4) is 0 Å². The van der Waals surface area contributed by atoms with Crippen molar-refractivity contribution in [2.45, 2.75) is 5.03 Å². The fourth-order valence-electron chi connectivity index (χ4n) is 3.44. The van der Waals surface area contributed by atoms with Crippen LogP contribution < -0.4 is 0 Å². The second kappa shape index (κ2) is 4.74. The molecule has 0 bridgehead atoms. The molecule has 0 N–H and O–H groups in total. The van der Waals surface area contributed by atoms with E-state index in [9.17, 15) is 0 Å². The van der Waals surface area contributed by atoms with Crippen LogP contribution in [0.25, 0.3) is 38.2 Å². The Bertz CT molecular complexity index is 1200. The summed E-state index contributed by atoms with van der Waals surface area (Å²) in [6.07, 6.45) is 2.14. The molecule has 5 aromatic rings. The van der Waals surface area contributed by atoms with Crippen LogP contribution in [-0.4, -0.2) is 15.6 Å². The normalized spacial score (nSPS) is 11.9. The molecule has 0 atom stereocenters. The third-order valence-electron chi connectivity index (χ3n) is 4.46. The van der Waals surface area contributed by atoms with Crippen molar-refractivity contribution in [2.24, 2.45) is 0 Å². The number of fused-ring (bicyclic) bond motifs is 6. The van der Waals surface area contributed by atoms with E-state index in [-0.39, 0.29) is 0 Å². The maximum Gasteiger partial charge on any atom is 0.139 e. The van der Waals surface area contributed by atoms with Gasteiger partial charge in [-0.05, 0) is 40.6 Å². The predicted molar refractivity (Wildman–Crippen MR) is 99.5 cm³/mol. The van der Waals surface area contributed by atoms with Gasteiger partial charge in [0.1, 0.15) is 5.65 Å². The fraction of sp³-hybridized carbons (Fsp3) is 0.0500. The van der Waals surface area contributed by atoms with Crippen molar-refractivity contribution < 1.29 is 0 Å². The molecular formula is C20H14N2S. The lowest BCUT2D eigenvalue weighted by Gasteiger charge is -2.11. The van der Waals surface area contributed by atoms with Crippen LogP contribution in [0.5, 0.6) is 0 Å². The topological polar surface area (TPSA) is 17.3 Å². The van der Waals surface area contributed by atoms with Crippen LogP contribution in [-0.2, 0) is 0 Å². The first-order chi connectivity index (χ1) is 11.4. The standard InChI is InChI=1S/C20H14N2S/c1-23-20-15-11-10-13-6-2-3-7-14(13)16(15)12-19-21-17-8-4-5-9-18(17)22(19)20/h2-12H,1H3. The number of rotatable bonds is 1. The Hall–Kier alpha value is -2.52. The highest BCUT2D eigenvalue weighted by Gasteiger charge is 2.13. The Morgan fingerprint density at radius 2 is 1.65 bits per heavy atom. The highest BCUT2D eigenvalue weighted by Crippen LogP contribution is 2.35. The van der Waals surface area contributed by atoms with Gasteiger partial charge in [-0.2, -0.15) is 0 Å². The first-order valence-corrected chi connectivity index (χ1v) is 8.85. The largest absolute Gasteiger partial charge is 0.286 e. The summed E-state index contributed by atoms with van der Waals surface area (Å²) in [7, 11) is 0. The number of hydrogen-bond donors (Lipinski definition) is 0. The molecule has 3 aromatic carbocycles. The van der Waals surface area contributed by atoms with E-state index in [0.29, 0.717) is 0 Å². The van der Waals surface area contributed by atoms with Crippen molar-refractivity contribution in [3.05, 3.63) is 66.7 Å². The summed E-state index contributed by atoms with van der Waals surface area (Å²) >= 11 is 1.78. The summed E-state index contributed by atoms with van der Waals surface area (Å²) in [5.74, 6) is 0. The molecule has 0 saturated carbocycles. The van der Waals surface area contributed by atoms with Crippen LogP contribution in [0, 0.1) is 0 Å². The van der Waals surface area contributed by atoms with Gasteiger partial charge in [-0.15, -0.1) is 11.8 Å². The Morgan fingerprint density at radius 3 is 2.57 bits per heavy atom. The summed E-state index contributed by atoms with van der Waals surface area (Å²) in [5.41, 5.74) is 3.23. The zero-order chi connectivity index (χ0) is 15.4. The van der Waals surface area contributed by atoms with Crippen molar-refractivity contribution in [2.75, 3.05) is 6.26 Å². The third-order valence-corrected chi connectivity index (χ3v) is 5.25. The second-order valence-corrected chi connectivity index (χ2v) is 6.49. The van der Waals surface area contributed by atoms with Gasteiger partial charge in [-0.3, -0.25) is 4.40 Å². The zero-order valence-electron chi connectivity index (χ0n) is 12.7. The van der Waals surface area contributed by atoms with E-state index in [2.05, 4.69) is 71.3 Å². The molecule has 0 aliphatic carbocycles. The van der Waals surface area contributed by atoms with Gasteiger partial charge in [-0.1, -0.05) is 48.5 Å². The molecule has 2 heterocycles. The van der Waals surface area contributed by atoms with Gasteiger partial charge >= 0.3 is 0 Å². The maximum atomic E-state index is 4.83. The van der Waals surface area contributed by atoms with E-state index < -0.39 is 0 Å². The first-order valence-electron chi connectivity index (χ1n) is 7.62. The molecule has 5 rings (SSSR count). The highest BCUT2D eigenvalue weighted by atomic mass is 32.2. The van der Waals surface area contributed by atoms with E-state index in [1.165, 1.54) is 32.1 Å². The Labute approximate surface area is 137 Å². The third kappa shape index (κ3) is 1.74. The van der Waals surface area contributed by atoms with Gasteiger partial charge in [0, 0.05) is 5.39 Å². The first kappa shape index (κ1) is 13.0. The van der Waals surface area contributed by atoms with Crippen LogP contribution >= 0.6 is 11.8 Å². The minimum atomic E-state index is 1.01. The number of benzene rings is 3. The van der Waals surface area contributed by atoms with Gasteiger partial charge in [0.15, 0.2) is 0 Å². The molecule has 0 aliphatic rings. The fourth-order valence-corrected chi connectivity index (χ4v) is 4.22. The highest BCUT2D eigenvalue weighted by molar-refractivity contribution is 7.98. The summed E-state index contributed by atoms with van der Waals surface area (Å²) in [6.45, 7) is 0. The number of para-hydroxylation sites is 2. The van der Waals surface area contributed by atoms with Gasteiger partial charge in [0.25, 0.3) is 0 Å². The molecular weight excluding hydrogens is 300 g/mol. The Morgan fingerprint density at radius 1 is 0.826 bits per heavy atom. The van der Waals surface area contributed by atoms with E-state index in [0.717, 1.165) is 11.2 Å². The van der Waals surface area contributed by atoms with Gasteiger partial charge in [0.05, 0.1) is 16.1 Å². The van der Waals surface area contributed by atoms with Crippen molar-refractivity contribution in [3.63, 3.8) is 0 Å². The molecule has 0 radical (unpaired) electrons. The van der Waals surface area contributed by atoms with Gasteiger partial charge in [-0.25, -0.2) is 4.98 Å². The molecule has 0 fully saturated rings. The van der Waals surface area contributed by atoms with Gasteiger partial charge in [0.2, 0.25) is 0 Å². The molecule has 0 saturated heterocycles. The van der Waals surface area contributed by atoms with E-state index in [1.54, 1.807) is 11.8 Å².